The maximum atomic E-state index is 5.62. The maximum Gasteiger partial charge on any atom is 0.108 e. The molecule has 0 saturated heterocycles. The molecule has 0 aliphatic rings. The van der Waals surface area contributed by atoms with Crippen molar-refractivity contribution in [2.24, 2.45) is 5.73 Å². The average molecular weight is 211 g/mol. The van der Waals surface area contributed by atoms with Gasteiger partial charge in [-0.25, -0.2) is 4.98 Å². The van der Waals surface area contributed by atoms with Gasteiger partial charge in [0.1, 0.15) is 5.82 Å². The summed E-state index contributed by atoms with van der Waals surface area (Å²) >= 11 is 0. The number of ether oxygens (including phenoxy) is 1. The first-order valence-electron chi connectivity index (χ1n) is 5.63. The van der Waals surface area contributed by atoms with E-state index >= 15 is 0 Å². The van der Waals surface area contributed by atoms with Crippen molar-refractivity contribution in [2.45, 2.75) is 39.3 Å². The first kappa shape index (κ1) is 12.2. The summed E-state index contributed by atoms with van der Waals surface area (Å²) in [7, 11) is 0. The molecule has 2 N–H and O–H groups in total. The van der Waals surface area contributed by atoms with Crippen LogP contribution in [0.3, 0.4) is 0 Å². The molecule has 4 nitrogen and oxygen atoms in total. The molecule has 0 fully saturated rings. The molecule has 0 spiro atoms. The Morgan fingerprint density at radius 3 is 2.93 bits per heavy atom. The molecule has 0 bridgehead atoms. The smallest absolute Gasteiger partial charge is 0.108 e. The summed E-state index contributed by atoms with van der Waals surface area (Å²) in [6.45, 7) is 6.36. The van der Waals surface area contributed by atoms with Gasteiger partial charge in [-0.2, -0.15) is 0 Å². The molecule has 0 saturated carbocycles. The molecule has 0 radical (unpaired) electrons. The van der Waals surface area contributed by atoms with Crippen LogP contribution < -0.4 is 5.73 Å². The summed E-state index contributed by atoms with van der Waals surface area (Å²) in [6.07, 6.45) is 5.94. The van der Waals surface area contributed by atoms with Crippen molar-refractivity contribution in [3.63, 3.8) is 0 Å². The van der Waals surface area contributed by atoms with Crippen LogP contribution in [0.25, 0.3) is 0 Å². The highest BCUT2D eigenvalue weighted by atomic mass is 16.5. The van der Waals surface area contributed by atoms with Crippen LogP contribution in [0.15, 0.2) is 12.4 Å². The first-order valence-corrected chi connectivity index (χ1v) is 5.63. The van der Waals surface area contributed by atoms with E-state index < -0.39 is 0 Å². The topological polar surface area (TPSA) is 53.1 Å². The summed E-state index contributed by atoms with van der Waals surface area (Å²) in [5.41, 5.74) is 5.62. The lowest BCUT2D eigenvalue weighted by Gasteiger charge is -2.15. The molecule has 0 aromatic carbocycles. The third kappa shape index (κ3) is 3.64. The van der Waals surface area contributed by atoms with E-state index in [-0.39, 0.29) is 6.10 Å². The molecule has 1 aromatic rings. The van der Waals surface area contributed by atoms with E-state index in [0.717, 1.165) is 31.8 Å². The van der Waals surface area contributed by atoms with E-state index in [9.17, 15) is 0 Å². The predicted octanol–water partition coefficient (Wildman–Crippen LogP) is 1.20. The van der Waals surface area contributed by atoms with Gasteiger partial charge in [-0.05, 0) is 13.3 Å². The van der Waals surface area contributed by atoms with E-state index in [2.05, 4.69) is 16.5 Å². The first-order chi connectivity index (χ1) is 7.31. The minimum Gasteiger partial charge on any atom is -0.377 e. The molecule has 0 amide bonds. The van der Waals surface area contributed by atoms with Gasteiger partial charge in [0.25, 0.3) is 0 Å². The number of hydrogen-bond acceptors (Lipinski definition) is 3. The van der Waals surface area contributed by atoms with Gasteiger partial charge in [-0.15, -0.1) is 0 Å². The number of rotatable bonds is 7. The largest absolute Gasteiger partial charge is 0.377 e. The maximum absolute atomic E-state index is 5.62. The van der Waals surface area contributed by atoms with Gasteiger partial charge in [0.15, 0.2) is 0 Å². The third-order valence-electron chi connectivity index (χ3n) is 2.48. The Bertz CT molecular complexity index is 273. The van der Waals surface area contributed by atoms with Crippen molar-refractivity contribution in [1.82, 2.24) is 9.55 Å². The lowest BCUT2D eigenvalue weighted by molar-refractivity contribution is 0.0597. The molecule has 15 heavy (non-hydrogen) atoms. The van der Waals surface area contributed by atoms with E-state index in [1.807, 2.05) is 19.3 Å². The van der Waals surface area contributed by atoms with Gasteiger partial charge in [0.2, 0.25) is 0 Å². The van der Waals surface area contributed by atoms with Gasteiger partial charge in [0, 0.05) is 38.5 Å². The van der Waals surface area contributed by atoms with Crippen molar-refractivity contribution in [1.29, 1.82) is 0 Å². The number of nitrogens with two attached hydrogens (primary N) is 1. The molecule has 4 heteroatoms. The second-order valence-corrected chi connectivity index (χ2v) is 3.49. The summed E-state index contributed by atoms with van der Waals surface area (Å²) in [5, 5.41) is 0. The van der Waals surface area contributed by atoms with Crippen LogP contribution >= 0.6 is 0 Å². The molecule has 0 aliphatic carbocycles. The molecular weight excluding hydrogens is 190 g/mol. The van der Waals surface area contributed by atoms with E-state index in [4.69, 9.17) is 10.5 Å². The van der Waals surface area contributed by atoms with Crippen molar-refractivity contribution in [3.8, 4) is 0 Å². The molecule has 0 aliphatic heterocycles. The van der Waals surface area contributed by atoms with Crippen LogP contribution in [0.5, 0.6) is 0 Å². The van der Waals surface area contributed by atoms with Gasteiger partial charge < -0.3 is 15.0 Å². The monoisotopic (exact) mass is 211 g/mol. The Kier molecular flexibility index (Phi) is 5.36. The van der Waals surface area contributed by atoms with Crippen molar-refractivity contribution >= 4 is 0 Å². The van der Waals surface area contributed by atoms with Crippen molar-refractivity contribution in [3.05, 3.63) is 18.2 Å². The van der Waals surface area contributed by atoms with Crippen molar-refractivity contribution in [2.75, 3.05) is 13.2 Å². The van der Waals surface area contributed by atoms with E-state index in [0.29, 0.717) is 6.54 Å². The minimum absolute atomic E-state index is 0.169. The van der Waals surface area contributed by atoms with E-state index in [1.54, 1.807) is 0 Å². The summed E-state index contributed by atoms with van der Waals surface area (Å²) in [6, 6.07) is 0. The summed E-state index contributed by atoms with van der Waals surface area (Å²) in [5.74, 6) is 1.13. The van der Waals surface area contributed by atoms with Crippen molar-refractivity contribution < 1.29 is 4.74 Å². The summed E-state index contributed by atoms with van der Waals surface area (Å²) in [4.78, 5) is 4.28. The van der Waals surface area contributed by atoms with Gasteiger partial charge >= 0.3 is 0 Å². The zero-order valence-corrected chi connectivity index (χ0v) is 9.65. The van der Waals surface area contributed by atoms with Crippen LogP contribution in [0, 0.1) is 0 Å². The number of aromatic nitrogens is 2. The lowest BCUT2D eigenvalue weighted by Crippen LogP contribution is -2.25. The third-order valence-corrected chi connectivity index (χ3v) is 2.48. The Hall–Kier alpha value is -0.870. The Morgan fingerprint density at radius 2 is 2.33 bits per heavy atom. The fourth-order valence-electron chi connectivity index (χ4n) is 1.65. The van der Waals surface area contributed by atoms with Gasteiger partial charge in [-0.3, -0.25) is 0 Å². The highest BCUT2D eigenvalue weighted by molar-refractivity contribution is 4.91. The standard InChI is InChI=1S/C11H21N3O/c1-3-11-13-6-8-14(11)7-5-10(9-12)15-4-2/h6,8,10H,3-5,7,9,12H2,1-2H3. The molecule has 1 atom stereocenters. The fraction of sp³-hybridized carbons (Fsp3) is 0.727. The van der Waals surface area contributed by atoms with Crippen LogP contribution in [0.1, 0.15) is 26.1 Å². The van der Waals surface area contributed by atoms with Crippen LogP contribution in [-0.2, 0) is 17.7 Å². The number of hydrogen-bond donors (Lipinski definition) is 1. The van der Waals surface area contributed by atoms with Crippen LogP contribution in [0.4, 0.5) is 0 Å². The van der Waals surface area contributed by atoms with Crippen LogP contribution in [-0.4, -0.2) is 28.8 Å². The van der Waals surface area contributed by atoms with E-state index in [1.165, 1.54) is 0 Å². The van der Waals surface area contributed by atoms with Crippen LogP contribution in [0.2, 0.25) is 0 Å². The second kappa shape index (κ2) is 6.58. The summed E-state index contributed by atoms with van der Waals surface area (Å²) < 4.78 is 7.67. The number of nitrogens with zero attached hydrogens (tertiary/aromatic N) is 2. The van der Waals surface area contributed by atoms with Gasteiger partial charge in [-0.1, -0.05) is 6.92 Å². The Balaban J connectivity index is 2.41. The molecule has 1 rings (SSSR count). The second-order valence-electron chi connectivity index (χ2n) is 3.49. The fourth-order valence-corrected chi connectivity index (χ4v) is 1.65. The molecule has 1 unspecified atom stereocenters. The number of imidazole rings is 1. The predicted molar refractivity (Wildman–Crippen MR) is 60.7 cm³/mol. The quantitative estimate of drug-likeness (QED) is 0.737. The average Bonchev–Trinajstić information content (AvgIpc) is 2.71. The Labute approximate surface area is 91.4 Å². The highest BCUT2D eigenvalue weighted by Gasteiger charge is 2.07. The highest BCUT2D eigenvalue weighted by Crippen LogP contribution is 2.04. The molecule has 1 aromatic heterocycles. The molecular formula is C11H21N3O. The SMILES string of the molecule is CCOC(CN)CCn1ccnc1CC. The normalized spacial score (nSPS) is 13.0. The van der Waals surface area contributed by atoms with Gasteiger partial charge in [0.05, 0.1) is 6.10 Å². The lowest BCUT2D eigenvalue weighted by atomic mass is 10.2. The molecule has 1 heterocycles. The zero-order valence-electron chi connectivity index (χ0n) is 9.65. The molecule has 86 valence electrons. The zero-order chi connectivity index (χ0) is 11.1. The minimum atomic E-state index is 0.169. The Morgan fingerprint density at radius 1 is 1.53 bits per heavy atom. The number of aryl methyl sites for hydroxylation is 2.